The van der Waals surface area contributed by atoms with E-state index >= 15 is 0 Å². The van der Waals surface area contributed by atoms with Crippen LogP contribution in [-0.4, -0.2) is 56.1 Å². The smallest absolute Gasteiger partial charge is 0.237 e. The van der Waals surface area contributed by atoms with Crippen molar-refractivity contribution in [1.82, 2.24) is 15.5 Å². The van der Waals surface area contributed by atoms with Crippen molar-refractivity contribution in [2.75, 3.05) is 27.3 Å². The number of piperazine rings is 1. The van der Waals surface area contributed by atoms with Gasteiger partial charge in [0.05, 0.1) is 26.7 Å². The van der Waals surface area contributed by atoms with Gasteiger partial charge in [0.25, 0.3) is 0 Å². The Morgan fingerprint density at radius 1 is 1.26 bits per heavy atom. The lowest BCUT2D eigenvalue weighted by atomic mass is 10.1. The van der Waals surface area contributed by atoms with Crippen molar-refractivity contribution in [2.24, 2.45) is 0 Å². The van der Waals surface area contributed by atoms with Crippen molar-refractivity contribution < 1.29 is 19.1 Å². The van der Waals surface area contributed by atoms with Crippen molar-refractivity contribution in [2.45, 2.75) is 50.7 Å². The largest absolute Gasteiger partial charge is 0.493 e. The second kappa shape index (κ2) is 9.08. The number of hydrogen-bond donors (Lipinski definition) is 2. The highest BCUT2D eigenvalue weighted by molar-refractivity contribution is 5.89. The molecule has 1 aromatic carbocycles. The van der Waals surface area contributed by atoms with Gasteiger partial charge in [-0.05, 0) is 18.9 Å². The molecule has 1 aromatic rings. The Bertz CT molecular complexity index is 673. The third kappa shape index (κ3) is 4.71. The number of carbonyl (C=O) groups excluding carboxylic acids is 2. The summed E-state index contributed by atoms with van der Waals surface area (Å²) in [6, 6.07) is 5.50. The molecule has 7 nitrogen and oxygen atoms in total. The van der Waals surface area contributed by atoms with E-state index in [-0.39, 0.29) is 24.3 Å². The number of hydrogen-bond acceptors (Lipinski definition) is 5. The first kappa shape index (κ1) is 19.5. The second-order valence-corrected chi connectivity index (χ2v) is 7.18. The molecule has 2 N–H and O–H groups in total. The van der Waals surface area contributed by atoms with Crippen LogP contribution in [0.1, 0.15) is 37.7 Å². The zero-order chi connectivity index (χ0) is 19.2. The number of para-hydroxylation sites is 1. The molecule has 1 saturated heterocycles. The molecule has 1 unspecified atom stereocenters. The van der Waals surface area contributed by atoms with Gasteiger partial charge >= 0.3 is 0 Å². The van der Waals surface area contributed by atoms with Gasteiger partial charge in [0.15, 0.2) is 11.5 Å². The molecule has 2 aliphatic rings. The SMILES string of the molecule is COc1cccc(CN2CCNC(=O)C2CC(=O)NC2CCCC2)c1OC. The summed E-state index contributed by atoms with van der Waals surface area (Å²) in [5, 5.41) is 5.96. The number of methoxy groups -OCH3 is 2. The van der Waals surface area contributed by atoms with E-state index in [1.165, 1.54) is 0 Å². The Morgan fingerprint density at radius 3 is 2.74 bits per heavy atom. The first-order valence-electron chi connectivity index (χ1n) is 9.63. The zero-order valence-corrected chi connectivity index (χ0v) is 16.1. The Morgan fingerprint density at radius 2 is 2.04 bits per heavy atom. The van der Waals surface area contributed by atoms with Crippen LogP contribution in [0, 0.1) is 0 Å². The maximum absolute atomic E-state index is 12.5. The average Bonchev–Trinajstić information content (AvgIpc) is 3.17. The molecule has 2 fully saturated rings. The van der Waals surface area contributed by atoms with Gasteiger partial charge in [0.2, 0.25) is 11.8 Å². The predicted molar refractivity (Wildman–Crippen MR) is 102 cm³/mol. The minimum Gasteiger partial charge on any atom is -0.493 e. The average molecular weight is 375 g/mol. The third-order valence-electron chi connectivity index (χ3n) is 5.40. The minimum absolute atomic E-state index is 0.0495. The van der Waals surface area contributed by atoms with Gasteiger partial charge < -0.3 is 20.1 Å². The number of amides is 2. The molecule has 1 heterocycles. The Labute approximate surface area is 160 Å². The fourth-order valence-corrected chi connectivity index (χ4v) is 4.00. The fraction of sp³-hybridized carbons (Fsp3) is 0.600. The standard InChI is InChI=1S/C20H29N3O4/c1-26-17-9-5-6-14(19(17)27-2)13-23-11-10-21-20(25)16(23)12-18(24)22-15-7-3-4-8-15/h5-6,9,15-16H,3-4,7-8,10-13H2,1-2H3,(H,21,25)(H,22,24). The highest BCUT2D eigenvalue weighted by Crippen LogP contribution is 2.32. The van der Waals surface area contributed by atoms with Crippen LogP contribution >= 0.6 is 0 Å². The molecule has 0 aromatic heterocycles. The number of carbonyl (C=O) groups is 2. The molecule has 2 amide bonds. The van der Waals surface area contributed by atoms with Crippen LogP contribution in [0.15, 0.2) is 18.2 Å². The highest BCUT2D eigenvalue weighted by atomic mass is 16.5. The molecule has 3 rings (SSSR count). The highest BCUT2D eigenvalue weighted by Gasteiger charge is 2.33. The lowest BCUT2D eigenvalue weighted by Gasteiger charge is -2.35. The van der Waals surface area contributed by atoms with E-state index < -0.39 is 6.04 Å². The molecular weight excluding hydrogens is 346 g/mol. The van der Waals surface area contributed by atoms with E-state index in [9.17, 15) is 9.59 Å². The van der Waals surface area contributed by atoms with E-state index in [1.54, 1.807) is 14.2 Å². The number of nitrogens with zero attached hydrogens (tertiary/aromatic N) is 1. The van der Waals surface area contributed by atoms with E-state index in [1.807, 2.05) is 23.1 Å². The molecule has 7 heteroatoms. The van der Waals surface area contributed by atoms with Gasteiger partial charge in [0.1, 0.15) is 0 Å². The Balaban J connectivity index is 1.70. The molecule has 0 spiro atoms. The zero-order valence-electron chi connectivity index (χ0n) is 16.1. The van der Waals surface area contributed by atoms with Crippen LogP contribution in [0.2, 0.25) is 0 Å². The topological polar surface area (TPSA) is 79.9 Å². The summed E-state index contributed by atoms with van der Waals surface area (Å²) < 4.78 is 10.9. The quantitative estimate of drug-likeness (QED) is 0.754. The van der Waals surface area contributed by atoms with Crippen LogP contribution in [0.4, 0.5) is 0 Å². The summed E-state index contributed by atoms with van der Waals surface area (Å²) in [5.41, 5.74) is 0.938. The van der Waals surface area contributed by atoms with Crippen LogP contribution in [0.5, 0.6) is 11.5 Å². The number of rotatable bonds is 7. The van der Waals surface area contributed by atoms with Crippen molar-refractivity contribution >= 4 is 11.8 Å². The Kier molecular flexibility index (Phi) is 6.55. The normalized spacial score (nSPS) is 21.0. The second-order valence-electron chi connectivity index (χ2n) is 7.18. The summed E-state index contributed by atoms with van der Waals surface area (Å²) in [6.07, 6.45) is 4.57. The van der Waals surface area contributed by atoms with Crippen molar-refractivity contribution in [3.05, 3.63) is 23.8 Å². The van der Waals surface area contributed by atoms with Gasteiger partial charge in [0, 0.05) is 31.2 Å². The summed E-state index contributed by atoms with van der Waals surface area (Å²) in [6.45, 7) is 1.79. The lowest BCUT2D eigenvalue weighted by molar-refractivity contribution is -0.134. The maximum atomic E-state index is 12.5. The molecule has 1 aliphatic carbocycles. The van der Waals surface area contributed by atoms with Crippen molar-refractivity contribution in [3.8, 4) is 11.5 Å². The Hall–Kier alpha value is -2.28. The molecule has 1 saturated carbocycles. The number of ether oxygens (including phenoxy) is 2. The first-order chi connectivity index (χ1) is 13.1. The van der Waals surface area contributed by atoms with Crippen molar-refractivity contribution in [3.63, 3.8) is 0 Å². The number of benzene rings is 1. The van der Waals surface area contributed by atoms with Crippen LogP contribution < -0.4 is 20.1 Å². The molecule has 0 radical (unpaired) electrons. The lowest BCUT2D eigenvalue weighted by Crippen LogP contribution is -2.56. The molecular formula is C20H29N3O4. The summed E-state index contributed by atoms with van der Waals surface area (Å²) in [7, 11) is 3.21. The monoisotopic (exact) mass is 375 g/mol. The van der Waals surface area contributed by atoms with Gasteiger partial charge in [-0.3, -0.25) is 14.5 Å². The van der Waals surface area contributed by atoms with Gasteiger partial charge in [-0.1, -0.05) is 25.0 Å². The number of nitrogens with one attached hydrogen (secondary N) is 2. The van der Waals surface area contributed by atoms with E-state index in [0.29, 0.717) is 31.1 Å². The van der Waals surface area contributed by atoms with Gasteiger partial charge in [-0.15, -0.1) is 0 Å². The van der Waals surface area contributed by atoms with Crippen molar-refractivity contribution in [1.29, 1.82) is 0 Å². The van der Waals surface area contributed by atoms with Gasteiger partial charge in [-0.25, -0.2) is 0 Å². The predicted octanol–water partition coefficient (Wildman–Crippen LogP) is 1.45. The summed E-state index contributed by atoms with van der Waals surface area (Å²) in [4.78, 5) is 27.0. The van der Waals surface area contributed by atoms with Crippen LogP contribution in [0.25, 0.3) is 0 Å². The first-order valence-corrected chi connectivity index (χ1v) is 9.63. The third-order valence-corrected chi connectivity index (χ3v) is 5.40. The molecule has 1 aliphatic heterocycles. The minimum atomic E-state index is -0.476. The molecule has 0 bridgehead atoms. The maximum Gasteiger partial charge on any atom is 0.237 e. The summed E-state index contributed by atoms with van der Waals surface area (Å²) in [5.74, 6) is 1.18. The summed E-state index contributed by atoms with van der Waals surface area (Å²) >= 11 is 0. The fourth-order valence-electron chi connectivity index (χ4n) is 4.00. The van der Waals surface area contributed by atoms with Gasteiger partial charge in [-0.2, -0.15) is 0 Å². The van der Waals surface area contributed by atoms with E-state index in [0.717, 1.165) is 31.2 Å². The molecule has 27 heavy (non-hydrogen) atoms. The van der Waals surface area contributed by atoms with E-state index in [2.05, 4.69) is 10.6 Å². The molecule has 1 atom stereocenters. The van der Waals surface area contributed by atoms with E-state index in [4.69, 9.17) is 9.47 Å². The van der Waals surface area contributed by atoms with Crippen LogP contribution in [-0.2, 0) is 16.1 Å². The van der Waals surface area contributed by atoms with Crippen LogP contribution in [0.3, 0.4) is 0 Å². The molecule has 148 valence electrons.